The lowest BCUT2D eigenvalue weighted by molar-refractivity contribution is -0.130. The van der Waals surface area contributed by atoms with Crippen molar-refractivity contribution in [2.24, 2.45) is 5.10 Å². The first-order chi connectivity index (χ1) is 12.5. The van der Waals surface area contributed by atoms with Crippen LogP contribution in [-0.4, -0.2) is 27.5 Å². The van der Waals surface area contributed by atoms with Crippen LogP contribution in [0.2, 0.25) is 0 Å². The van der Waals surface area contributed by atoms with E-state index in [1.165, 1.54) is 18.9 Å². The number of anilines is 1. The van der Waals surface area contributed by atoms with Crippen LogP contribution in [0.5, 0.6) is 0 Å². The van der Waals surface area contributed by atoms with Gasteiger partial charge in [0.05, 0.1) is 11.8 Å². The molecule has 2 amide bonds. The topological polar surface area (TPSA) is 87.8 Å². The number of nitrogens with one attached hydrogen (secondary N) is 1. The highest BCUT2D eigenvalue weighted by Crippen LogP contribution is 2.35. The Hall–Kier alpha value is -3.00. The van der Waals surface area contributed by atoms with Gasteiger partial charge in [0.25, 0.3) is 0 Å². The van der Waals surface area contributed by atoms with Gasteiger partial charge in [-0.3, -0.25) is 14.9 Å². The largest absolute Gasteiger partial charge is 0.423 e. The Balaban J connectivity index is 1.67. The van der Waals surface area contributed by atoms with Gasteiger partial charge in [0.2, 0.25) is 11.8 Å². The fourth-order valence-electron chi connectivity index (χ4n) is 2.99. The average molecular weight is 368 g/mol. The molecule has 0 radical (unpaired) electrons. The quantitative estimate of drug-likeness (QED) is 0.766. The highest BCUT2D eigenvalue weighted by Gasteiger charge is 2.32. The molecule has 7 nitrogen and oxygen atoms in total. The maximum Gasteiger partial charge on any atom is 0.302 e. The first-order valence-corrected chi connectivity index (χ1v) is 8.98. The Bertz CT molecular complexity index is 1020. The third kappa shape index (κ3) is 2.99. The summed E-state index contributed by atoms with van der Waals surface area (Å²) in [5, 5.41) is 10.6. The minimum atomic E-state index is -0.243. The van der Waals surface area contributed by atoms with Gasteiger partial charge in [0.1, 0.15) is 5.52 Å². The summed E-state index contributed by atoms with van der Waals surface area (Å²) in [6, 6.07) is 9.62. The second kappa shape index (κ2) is 6.38. The monoisotopic (exact) mass is 368 g/mol. The number of fused-ring (bicyclic) bond motifs is 1. The summed E-state index contributed by atoms with van der Waals surface area (Å²) in [7, 11) is 0. The lowest BCUT2D eigenvalue weighted by atomic mass is 10.0. The SMILES string of the molecule is CC(=O)Nc1nc2cc(C3=NN(C(C)=O)C(c4cccs4)C3)ccc2o1. The Morgan fingerprint density at radius 2 is 2.15 bits per heavy atom. The number of nitrogens with zero attached hydrogens (tertiary/aromatic N) is 3. The van der Waals surface area contributed by atoms with Gasteiger partial charge in [-0.05, 0) is 29.6 Å². The summed E-state index contributed by atoms with van der Waals surface area (Å²) in [6.45, 7) is 2.92. The van der Waals surface area contributed by atoms with E-state index >= 15 is 0 Å². The van der Waals surface area contributed by atoms with Crippen LogP contribution >= 0.6 is 11.3 Å². The Morgan fingerprint density at radius 3 is 2.85 bits per heavy atom. The molecule has 1 aromatic carbocycles. The summed E-state index contributed by atoms with van der Waals surface area (Å²) in [5.74, 6) is -0.332. The normalized spacial score (nSPS) is 16.8. The first-order valence-electron chi connectivity index (χ1n) is 8.10. The van der Waals surface area contributed by atoms with Crippen molar-refractivity contribution in [3.63, 3.8) is 0 Å². The van der Waals surface area contributed by atoms with Crippen molar-refractivity contribution in [3.05, 3.63) is 46.2 Å². The molecule has 1 N–H and O–H groups in total. The molecule has 3 aromatic rings. The molecular weight excluding hydrogens is 352 g/mol. The molecule has 0 bridgehead atoms. The number of hydrogen-bond donors (Lipinski definition) is 1. The number of hydrazone groups is 1. The smallest absolute Gasteiger partial charge is 0.302 e. The standard InChI is InChI=1S/C18H16N4O3S/c1-10(23)19-18-20-14-8-12(5-6-16(14)25-18)13-9-15(17-4-3-7-26-17)22(21-13)11(2)24/h3-8,15H,9H2,1-2H3,(H,19,20,23). The average Bonchev–Trinajstić information content (AvgIpc) is 3.31. The summed E-state index contributed by atoms with van der Waals surface area (Å²) >= 11 is 1.62. The van der Waals surface area contributed by atoms with Gasteiger partial charge >= 0.3 is 6.01 Å². The lowest BCUT2D eigenvalue weighted by Crippen LogP contribution is -2.23. The second-order valence-corrected chi connectivity index (χ2v) is 7.01. The van der Waals surface area contributed by atoms with Crippen molar-refractivity contribution in [1.82, 2.24) is 9.99 Å². The Labute approximate surface area is 153 Å². The zero-order valence-electron chi connectivity index (χ0n) is 14.2. The Morgan fingerprint density at radius 1 is 1.31 bits per heavy atom. The van der Waals surface area contributed by atoms with Gasteiger partial charge < -0.3 is 4.42 Å². The van der Waals surface area contributed by atoms with Gasteiger partial charge in [0.15, 0.2) is 5.58 Å². The summed E-state index contributed by atoms with van der Waals surface area (Å²) in [5.41, 5.74) is 2.91. The molecule has 8 heteroatoms. The van der Waals surface area contributed by atoms with E-state index in [9.17, 15) is 9.59 Å². The van der Waals surface area contributed by atoms with Gasteiger partial charge in [-0.2, -0.15) is 10.1 Å². The third-order valence-electron chi connectivity index (χ3n) is 4.11. The number of oxazole rings is 1. The number of aromatic nitrogens is 1. The molecule has 1 atom stereocenters. The van der Waals surface area contributed by atoms with Crippen LogP contribution < -0.4 is 5.32 Å². The molecule has 0 aliphatic carbocycles. The highest BCUT2D eigenvalue weighted by atomic mass is 32.1. The second-order valence-electron chi connectivity index (χ2n) is 6.03. The molecular formula is C18H16N4O3S. The van der Waals surface area contributed by atoms with E-state index in [4.69, 9.17) is 4.42 Å². The highest BCUT2D eigenvalue weighted by molar-refractivity contribution is 7.10. The molecule has 1 aliphatic rings. The van der Waals surface area contributed by atoms with E-state index < -0.39 is 0 Å². The molecule has 132 valence electrons. The number of thiophene rings is 1. The van der Waals surface area contributed by atoms with E-state index in [-0.39, 0.29) is 23.9 Å². The predicted octanol–water partition coefficient (Wildman–Crippen LogP) is 3.55. The minimum absolute atomic E-state index is 0.0783. The number of rotatable bonds is 3. The van der Waals surface area contributed by atoms with Crippen LogP contribution in [0.1, 0.15) is 36.8 Å². The third-order valence-corrected chi connectivity index (χ3v) is 5.08. The van der Waals surface area contributed by atoms with Crippen molar-refractivity contribution in [2.45, 2.75) is 26.3 Å². The van der Waals surface area contributed by atoms with Gasteiger partial charge in [0, 0.05) is 30.7 Å². The van der Waals surface area contributed by atoms with Gasteiger partial charge in [-0.25, -0.2) is 5.01 Å². The molecule has 3 heterocycles. The maximum absolute atomic E-state index is 12.0. The van der Waals surface area contributed by atoms with Crippen molar-refractivity contribution < 1.29 is 14.0 Å². The molecule has 0 spiro atoms. The maximum atomic E-state index is 12.0. The zero-order valence-corrected chi connectivity index (χ0v) is 15.0. The first kappa shape index (κ1) is 16.5. The molecule has 0 saturated carbocycles. The molecule has 1 unspecified atom stereocenters. The van der Waals surface area contributed by atoms with Crippen LogP contribution in [0.4, 0.5) is 6.01 Å². The molecule has 0 fully saturated rings. The Kier molecular flexibility index (Phi) is 4.04. The predicted molar refractivity (Wildman–Crippen MR) is 99.0 cm³/mol. The number of carbonyl (C=O) groups is 2. The number of carbonyl (C=O) groups excluding carboxylic acids is 2. The number of hydrogen-bond acceptors (Lipinski definition) is 6. The number of amides is 2. The summed E-state index contributed by atoms with van der Waals surface area (Å²) < 4.78 is 5.49. The van der Waals surface area contributed by atoms with Crippen molar-refractivity contribution in [2.75, 3.05) is 5.32 Å². The van der Waals surface area contributed by atoms with E-state index in [0.717, 1.165) is 16.2 Å². The zero-order chi connectivity index (χ0) is 18.3. The fraction of sp³-hybridized carbons (Fsp3) is 0.222. The minimum Gasteiger partial charge on any atom is -0.423 e. The molecule has 4 rings (SSSR count). The van der Waals surface area contributed by atoms with Crippen LogP contribution in [0.3, 0.4) is 0 Å². The summed E-state index contributed by atoms with van der Waals surface area (Å²) in [6.07, 6.45) is 0.641. The van der Waals surface area contributed by atoms with E-state index in [1.54, 1.807) is 17.4 Å². The fourth-order valence-corrected chi connectivity index (χ4v) is 3.80. The molecule has 26 heavy (non-hydrogen) atoms. The summed E-state index contributed by atoms with van der Waals surface area (Å²) in [4.78, 5) is 28.5. The van der Waals surface area contributed by atoms with Gasteiger partial charge in [-0.15, -0.1) is 11.3 Å². The van der Waals surface area contributed by atoms with E-state index in [0.29, 0.717) is 17.5 Å². The van der Waals surface area contributed by atoms with E-state index in [1.807, 2.05) is 29.6 Å². The van der Waals surface area contributed by atoms with Crippen LogP contribution in [-0.2, 0) is 9.59 Å². The van der Waals surface area contributed by atoms with Crippen LogP contribution in [0.15, 0.2) is 45.2 Å². The molecule has 1 aliphatic heterocycles. The molecule has 0 saturated heterocycles. The number of benzene rings is 1. The van der Waals surface area contributed by atoms with Crippen molar-refractivity contribution in [3.8, 4) is 0 Å². The molecule has 2 aromatic heterocycles. The van der Waals surface area contributed by atoms with Crippen LogP contribution in [0.25, 0.3) is 11.1 Å². The van der Waals surface area contributed by atoms with Crippen molar-refractivity contribution in [1.29, 1.82) is 0 Å². The van der Waals surface area contributed by atoms with Gasteiger partial charge in [-0.1, -0.05) is 6.07 Å². The lowest BCUT2D eigenvalue weighted by Gasteiger charge is -2.18. The van der Waals surface area contributed by atoms with E-state index in [2.05, 4.69) is 15.4 Å². The van der Waals surface area contributed by atoms with Crippen LogP contribution in [0, 0.1) is 0 Å². The van der Waals surface area contributed by atoms with Crippen molar-refractivity contribution >= 4 is 46.0 Å².